The predicted molar refractivity (Wildman–Crippen MR) is 70.8 cm³/mol. The molecule has 0 spiro atoms. The number of hydrogen-bond acceptors (Lipinski definition) is 3. The third kappa shape index (κ3) is 4.03. The Morgan fingerprint density at radius 2 is 2.31 bits per heavy atom. The molecule has 0 aromatic heterocycles. The summed E-state index contributed by atoms with van der Waals surface area (Å²) in [4.78, 5) is 0. The zero-order valence-corrected chi connectivity index (χ0v) is 11.5. The molecule has 0 amide bonds. The van der Waals surface area contributed by atoms with Crippen molar-refractivity contribution in [3.8, 4) is 0 Å². The second kappa shape index (κ2) is 7.25. The summed E-state index contributed by atoms with van der Waals surface area (Å²) in [5.41, 5.74) is 6.85. The number of nitrogens with one attached hydrogen (secondary N) is 1. The van der Waals surface area contributed by atoms with Gasteiger partial charge in [0.05, 0.1) is 6.61 Å². The molecule has 0 saturated carbocycles. The summed E-state index contributed by atoms with van der Waals surface area (Å²) in [6.45, 7) is 1.97. The standard InChI is InChI=1S/C11H16BrClN2O/c1-16-5-4-15-11(7-14)9-3-2-8(13)6-10(9)12/h2-3,6,11,15H,4-5,7,14H2,1H3. The molecule has 3 N–H and O–H groups in total. The third-order valence-electron chi connectivity index (χ3n) is 2.27. The number of benzene rings is 1. The van der Waals surface area contributed by atoms with Gasteiger partial charge in [-0.15, -0.1) is 0 Å². The largest absolute Gasteiger partial charge is 0.383 e. The normalized spacial score (nSPS) is 12.8. The fourth-order valence-electron chi connectivity index (χ4n) is 1.44. The van der Waals surface area contributed by atoms with Gasteiger partial charge in [-0.1, -0.05) is 33.6 Å². The van der Waals surface area contributed by atoms with Crippen molar-refractivity contribution in [1.82, 2.24) is 5.32 Å². The molecule has 1 unspecified atom stereocenters. The highest BCUT2D eigenvalue weighted by Gasteiger charge is 2.12. The third-order valence-corrected chi connectivity index (χ3v) is 3.19. The molecule has 0 aliphatic carbocycles. The molecule has 0 aliphatic heterocycles. The first kappa shape index (κ1) is 13.9. The summed E-state index contributed by atoms with van der Waals surface area (Å²) in [6.07, 6.45) is 0. The van der Waals surface area contributed by atoms with E-state index in [2.05, 4.69) is 21.2 Å². The lowest BCUT2D eigenvalue weighted by atomic mass is 10.1. The maximum atomic E-state index is 5.89. The van der Waals surface area contributed by atoms with Crippen molar-refractivity contribution in [1.29, 1.82) is 0 Å². The van der Waals surface area contributed by atoms with E-state index < -0.39 is 0 Å². The first-order valence-electron chi connectivity index (χ1n) is 5.06. The SMILES string of the molecule is COCCNC(CN)c1ccc(Cl)cc1Br. The Bertz CT molecular complexity index is 336. The van der Waals surface area contributed by atoms with Crippen LogP contribution in [0.1, 0.15) is 11.6 Å². The smallest absolute Gasteiger partial charge is 0.0587 e. The van der Waals surface area contributed by atoms with Crippen LogP contribution in [-0.2, 0) is 4.74 Å². The maximum absolute atomic E-state index is 5.89. The fraction of sp³-hybridized carbons (Fsp3) is 0.455. The lowest BCUT2D eigenvalue weighted by molar-refractivity contribution is 0.196. The second-order valence-corrected chi connectivity index (χ2v) is 4.69. The van der Waals surface area contributed by atoms with Crippen LogP contribution < -0.4 is 11.1 Å². The quantitative estimate of drug-likeness (QED) is 0.793. The van der Waals surface area contributed by atoms with Crippen molar-refractivity contribution in [3.05, 3.63) is 33.3 Å². The van der Waals surface area contributed by atoms with E-state index >= 15 is 0 Å². The van der Waals surface area contributed by atoms with Crippen molar-refractivity contribution in [2.75, 3.05) is 26.8 Å². The van der Waals surface area contributed by atoms with Crippen LogP contribution in [0.15, 0.2) is 22.7 Å². The number of halogens is 2. The molecule has 0 heterocycles. The van der Waals surface area contributed by atoms with Crippen LogP contribution in [0.2, 0.25) is 5.02 Å². The minimum Gasteiger partial charge on any atom is -0.383 e. The van der Waals surface area contributed by atoms with E-state index in [-0.39, 0.29) is 6.04 Å². The Labute approximate surface area is 109 Å². The molecule has 0 saturated heterocycles. The first-order chi connectivity index (χ1) is 7.69. The average Bonchev–Trinajstić information content (AvgIpc) is 2.26. The number of methoxy groups -OCH3 is 1. The van der Waals surface area contributed by atoms with Crippen molar-refractivity contribution in [2.24, 2.45) is 5.73 Å². The molecule has 1 aromatic carbocycles. The molecule has 5 heteroatoms. The minimum atomic E-state index is 0.113. The maximum Gasteiger partial charge on any atom is 0.0587 e. The van der Waals surface area contributed by atoms with E-state index in [1.807, 2.05) is 18.2 Å². The van der Waals surface area contributed by atoms with Crippen LogP contribution in [0.4, 0.5) is 0 Å². The summed E-state index contributed by atoms with van der Waals surface area (Å²) in [5.74, 6) is 0. The summed E-state index contributed by atoms with van der Waals surface area (Å²) >= 11 is 9.38. The molecule has 0 radical (unpaired) electrons. The van der Waals surface area contributed by atoms with Crippen molar-refractivity contribution in [2.45, 2.75) is 6.04 Å². The van der Waals surface area contributed by atoms with E-state index in [1.165, 1.54) is 0 Å². The molecule has 1 atom stereocenters. The van der Waals surface area contributed by atoms with Gasteiger partial charge in [-0.25, -0.2) is 0 Å². The van der Waals surface area contributed by atoms with E-state index in [0.717, 1.165) is 16.6 Å². The summed E-state index contributed by atoms with van der Waals surface area (Å²) in [5, 5.41) is 4.04. The predicted octanol–water partition coefficient (Wildman–Crippen LogP) is 2.34. The molecule has 0 fully saturated rings. The van der Waals surface area contributed by atoms with Crippen molar-refractivity contribution in [3.63, 3.8) is 0 Å². The van der Waals surface area contributed by atoms with E-state index in [4.69, 9.17) is 22.1 Å². The van der Waals surface area contributed by atoms with Gasteiger partial charge in [0.2, 0.25) is 0 Å². The summed E-state index contributed by atoms with van der Waals surface area (Å²) in [6, 6.07) is 5.82. The van der Waals surface area contributed by atoms with Gasteiger partial charge in [0.15, 0.2) is 0 Å². The van der Waals surface area contributed by atoms with Crippen molar-refractivity contribution >= 4 is 27.5 Å². The highest BCUT2D eigenvalue weighted by molar-refractivity contribution is 9.10. The van der Waals surface area contributed by atoms with E-state index in [1.54, 1.807) is 7.11 Å². The number of nitrogens with two attached hydrogens (primary N) is 1. The van der Waals surface area contributed by atoms with Gasteiger partial charge in [-0.05, 0) is 17.7 Å². The molecular formula is C11H16BrClN2O. The molecule has 1 rings (SSSR count). The highest BCUT2D eigenvalue weighted by atomic mass is 79.9. The fourth-order valence-corrected chi connectivity index (χ4v) is 2.40. The van der Waals surface area contributed by atoms with Gasteiger partial charge >= 0.3 is 0 Å². The van der Waals surface area contributed by atoms with Crippen LogP contribution in [0, 0.1) is 0 Å². The molecule has 0 aliphatic rings. The highest BCUT2D eigenvalue weighted by Crippen LogP contribution is 2.26. The van der Waals surface area contributed by atoms with E-state index in [0.29, 0.717) is 18.2 Å². The lowest BCUT2D eigenvalue weighted by Crippen LogP contribution is -2.30. The average molecular weight is 308 g/mol. The lowest BCUT2D eigenvalue weighted by Gasteiger charge is -2.18. The molecule has 90 valence electrons. The monoisotopic (exact) mass is 306 g/mol. The van der Waals surface area contributed by atoms with Crippen LogP contribution in [0.25, 0.3) is 0 Å². The van der Waals surface area contributed by atoms with Gasteiger partial charge in [0, 0.05) is 35.7 Å². The Morgan fingerprint density at radius 1 is 1.56 bits per heavy atom. The Hall–Kier alpha value is -0.130. The van der Waals surface area contributed by atoms with Crippen LogP contribution in [0.3, 0.4) is 0 Å². The molecule has 0 bridgehead atoms. The van der Waals surface area contributed by atoms with E-state index in [9.17, 15) is 0 Å². The van der Waals surface area contributed by atoms with Crippen LogP contribution >= 0.6 is 27.5 Å². The summed E-state index contributed by atoms with van der Waals surface area (Å²) in [7, 11) is 1.68. The van der Waals surface area contributed by atoms with Gasteiger partial charge in [0.1, 0.15) is 0 Å². The first-order valence-corrected chi connectivity index (χ1v) is 6.23. The van der Waals surface area contributed by atoms with Gasteiger partial charge in [-0.2, -0.15) is 0 Å². The zero-order valence-electron chi connectivity index (χ0n) is 9.17. The number of hydrogen-bond donors (Lipinski definition) is 2. The number of ether oxygens (including phenoxy) is 1. The Kier molecular flexibility index (Phi) is 6.31. The van der Waals surface area contributed by atoms with Gasteiger partial charge in [0.25, 0.3) is 0 Å². The molecule has 1 aromatic rings. The minimum absolute atomic E-state index is 0.113. The second-order valence-electron chi connectivity index (χ2n) is 3.40. The number of rotatable bonds is 6. The molecule has 3 nitrogen and oxygen atoms in total. The summed E-state index contributed by atoms with van der Waals surface area (Å²) < 4.78 is 5.96. The molecule has 16 heavy (non-hydrogen) atoms. The molecular weight excluding hydrogens is 291 g/mol. The van der Waals surface area contributed by atoms with Gasteiger partial charge < -0.3 is 15.8 Å². The van der Waals surface area contributed by atoms with Crippen LogP contribution in [0.5, 0.6) is 0 Å². The topological polar surface area (TPSA) is 47.3 Å². The van der Waals surface area contributed by atoms with Crippen LogP contribution in [-0.4, -0.2) is 26.8 Å². The Morgan fingerprint density at radius 3 is 2.88 bits per heavy atom. The zero-order chi connectivity index (χ0) is 12.0. The van der Waals surface area contributed by atoms with Crippen molar-refractivity contribution < 1.29 is 4.74 Å². The van der Waals surface area contributed by atoms with Gasteiger partial charge in [-0.3, -0.25) is 0 Å². The Balaban J connectivity index is 2.70.